The van der Waals surface area contributed by atoms with Crippen molar-refractivity contribution in [2.24, 2.45) is 11.8 Å². The zero-order valence-corrected chi connectivity index (χ0v) is 12.7. The Balaban J connectivity index is 2.53. The molecule has 2 nitrogen and oxygen atoms in total. The largest absolute Gasteiger partial charge is 0.392 e. The lowest BCUT2D eigenvalue weighted by Gasteiger charge is -2.33. The molecule has 0 saturated heterocycles. The van der Waals surface area contributed by atoms with E-state index in [1.165, 1.54) is 12.8 Å². The van der Waals surface area contributed by atoms with Gasteiger partial charge < -0.3 is 8.85 Å². The van der Waals surface area contributed by atoms with Crippen LogP contribution in [0.4, 0.5) is 0 Å². The van der Waals surface area contributed by atoms with E-state index in [0.717, 1.165) is 17.9 Å². The standard InChI is InChI=1S/C13H28O2Si/c1-10(2)14-16(6,15-11(3)4)9-12(5)13-7-8-13/h10-13H,7-9H2,1-6H3. The highest BCUT2D eigenvalue weighted by atomic mass is 28.4. The van der Waals surface area contributed by atoms with Crippen LogP contribution in [0.5, 0.6) is 0 Å². The fourth-order valence-corrected chi connectivity index (χ4v) is 6.28. The van der Waals surface area contributed by atoms with Crippen LogP contribution in [0.15, 0.2) is 0 Å². The Kier molecular flexibility index (Phi) is 5.01. The molecular formula is C13H28O2Si. The first-order valence-corrected chi connectivity index (χ1v) is 9.20. The van der Waals surface area contributed by atoms with Gasteiger partial charge in [0.25, 0.3) is 0 Å². The summed E-state index contributed by atoms with van der Waals surface area (Å²) in [5.41, 5.74) is 0. The number of hydrogen-bond acceptors (Lipinski definition) is 2. The van der Waals surface area contributed by atoms with Crippen LogP contribution in [0.25, 0.3) is 0 Å². The first-order chi connectivity index (χ1) is 7.32. The molecule has 0 aromatic heterocycles. The van der Waals surface area contributed by atoms with E-state index in [0.29, 0.717) is 0 Å². The minimum atomic E-state index is -1.96. The van der Waals surface area contributed by atoms with Gasteiger partial charge in [-0.05, 0) is 65.0 Å². The van der Waals surface area contributed by atoms with Crippen LogP contribution >= 0.6 is 0 Å². The predicted octanol–water partition coefficient (Wildman–Crippen LogP) is 3.95. The van der Waals surface area contributed by atoms with E-state index in [2.05, 4.69) is 41.2 Å². The van der Waals surface area contributed by atoms with Crippen molar-refractivity contribution in [2.75, 3.05) is 0 Å². The molecule has 96 valence electrons. The minimum Gasteiger partial charge on any atom is -0.392 e. The van der Waals surface area contributed by atoms with Crippen LogP contribution in [0, 0.1) is 11.8 Å². The van der Waals surface area contributed by atoms with Crippen molar-refractivity contribution in [2.45, 2.75) is 72.3 Å². The molecule has 1 saturated carbocycles. The Hall–Kier alpha value is 0.137. The Morgan fingerprint density at radius 2 is 1.44 bits per heavy atom. The van der Waals surface area contributed by atoms with Crippen LogP contribution in [0.1, 0.15) is 47.5 Å². The van der Waals surface area contributed by atoms with Crippen molar-refractivity contribution in [3.63, 3.8) is 0 Å². The van der Waals surface area contributed by atoms with Gasteiger partial charge in [0.05, 0.1) is 0 Å². The van der Waals surface area contributed by atoms with E-state index < -0.39 is 8.56 Å². The molecule has 0 aromatic carbocycles. The quantitative estimate of drug-likeness (QED) is 0.631. The maximum Gasteiger partial charge on any atom is 0.335 e. The Bertz CT molecular complexity index is 202. The Morgan fingerprint density at radius 1 is 1.00 bits per heavy atom. The highest BCUT2D eigenvalue weighted by molar-refractivity contribution is 6.66. The Morgan fingerprint density at radius 3 is 1.75 bits per heavy atom. The first kappa shape index (κ1) is 14.2. The minimum absolute atomic E-state index is 0.279. The predicted molar refractivity (Wildman–Crippen MR) is 70.8 cm³/mol. The molecule has 0 heterocycles. The third-order valence-electron chi connectivity index (χ3n) is 3.09. The van der Waals surface area contributed by atoms with Gasteiger partial charge in [0.2, 0.25) is 0 Å². The van der Waals surface area contributed by atoms with Gasteiger partial charge in [0.1, 0.15) is 0 Å². The smallest absolute Gasteiger partial charge is 0.335 e. The molecule has 1 rings (SSSR count). The van der Waals surface area contributed by atoms with Crippen molar-refractivity contribution in [3.05, 3.63) is 0 Å². The summed E-state index contributed by atoms with van der Waals surface area (Å²) in [5, 5.41) is 0. The Labute approximate surface area is 102 Å². The first-order valence-electron chi connectivity index (χ1n) is 6.68. The summed E-state index contributed by atoms with van der Waals surface area (Å²) in [6.07, 6.45) is 3.38. The molecule has 0 aliphatic heterocycles. The third kappa shape index (κ3) is 4.98. The molecule has 3 heteroatoms. The summed E-state index contributed by atoms with van der Waals surface area (Å²) in [6, 6.07) is 1.15. The van der Waals surface area contributed by atoms with Crippen molar-refractivity contribution in [1.29, 1.82) is 0 Å². The highest BCUT2D eigenvalue weighted by Crippen LogP contribution is 2.41. The molecule has 1 fully saturated rings. The second-order valence-electron chi connectivity index (χ2n) is 5.99. The van der Waals surface area contributed by atoms with E-state index in [1.807, 2.05) is 0 Å². The number of hydrogen-bond donors (Lipinski definition) is 0. The molecular weight excluding hydrogens is 216 g/mol. The lowest BCUT2D eigenvalue weighted by atomic mass is 10.1. The maximum atomic E-state index is 6.11. The van der Waals surface area contributed by atoms with Crippen LogP contribution < -0.4 is 0 Å². The van der Waals surface area contributed by atoms with Gasteiger partial charge in [-0.3, -0.25) is 0 Å². The molecule has 1 aliphatic carbocycles. The second kappa shape index (κ2) is 5.65. The van der Waals surface area contributed by atoms with Crippen molar-refractivity contribution < 1.29 is 8.85 Å². The van der Waals surface area contributed by atoms with Crippen molar-refractivity contribution >= 4 is 8.56 Å². The van der Waals surface area contributed by atoms with Gasteiger partial charge >= 0.3 is 8.56 Å². The monoisotopic (exact) mass is 244 g/mol. The summed E-state index contributed by atoms with van der Waals surface area (Å²) in [5.74, 6) is 1.72. The van der Waals surface area contributed by atoms with Crippen LogP contribution in [0.2, 0.25) is 12.6 Å². The molecule has 0 bridgehead atoms. The molecule has 0 aromatic rings. The van der Waals surface area contributed by atoms with Crippen LogP contribution in [0.3, 0.4) is 0 Å². The lowest BCUT2D eigenvalue weighted by Crippen LogP contribution is -2.44. The summed E-state index contributed by atoms with van der Waals surface area (Å²) >= 11 is 0. The van der Waals surface area contributed by atoms with Crippen LogP contribution in [-0.2, 0) is 8.85 Å². The van der Waals surface area contributed by atoms with Gasteiger partial charge in [-0.25, -0.2) is 0 Å². The summed E-state index contributed by atoms with van der Waals surface area (Å²) < 4.78 is 12.2. The molecule has 0 radical (unpaired) electrons. The molecule has 0 N–H and O–H groups in total. The van der Waals surface area contributed by atoms with Gasteiger partial charge in [-0.2, -0.15) is 0 Å². The summed E-state index contributed by atoms with van der Waals surface area (Å²) in [4.78, 5) is 0. The maximum absolute atomic E-state index is 6.11. The molecule has 16 heavy (non-hydrogen) atoms. The van der Waals surface area contributed by atoms with Crippen molar-refractivity contribution in [1.82, 2.24) is 0 Å². The normalized spacial score (nSPS) is 19.5. The fraction of sp³-hybridized carbons (Fsp3) is 1.00. The zero-order valence-electron chi connectivity index (χ0n) is 11.7. The topological polar surface area (TPSA) is 18.5 Å². The average molecular weight is 244 g/mol. The lowest BCUT2D eigenvalue weighted by molar-refractivity contribution is 0.105. The van der Waals surface area contributed by atoms with E-state index in [1.54, 1.807) is 0 Å². The van der Waals surface area contributed by atoms with E-state index >= 15 is 0 Å². The summed E-state index contributed by atoms with van der Waals surface area (Å²) in [6.45, 7) is 13.0. The zero-order chi connectivity index (χ0) is 12.3. The van der Waals surface area contributed by atoms with Crippen LogP contribution in [-0.4, -0.2) is 20.8 Å². The van der Waals surface area contributed by atoms with E-state index in [4.69, 9.17) is 8.85 Å². The molecule has 1 atom stereocenters. The average Bonchev–Trinajstić information content (AvgIpc) is 2.79. The molecule has 0 spiro atoms. The van der Waals surface area contributed by atoms with E-state index in [9.17, 15) is 0 Å². The highest BCUT2D eigenvalue weighted by Gasteiger charge is 2.40. The molecule has 0 amide bonds. The molecule has 1 unspecified atom stereocenters. The second-order valence-corrected chi connectivity index (χ2v) is 9.13. The van der Waals surface area contributed by atoms with Gasteiger partial charge in [-0.15, -0.1) is 0 Å². The van der Waals surface area contributed by atoms with Gasteiger partial charge in [0, 0.05) is 12.2 Å². The number of rotatable bonds is 7. The van der Waals surface area contributed by atoms with Crippen molar-refractivity contribution in [3.8, 4) is 0 Å². The summed E-state index contributed by atoms with van der Waals surface area (Å²) in [7, 11) is -1.96. The van der Waals surface area contributed by atoms with Gasteiger partial charge in [-0.1, -0.05) is 6.92 Å². The fourth-order valence-electron chi connectivity index (χ4n) is 2.54. The third-order valence-corrected chi connectivity index (χ3v) is 6.42. The molecule has 1 aliphatic rings. The van der Waals surface area contributed by atoms with E-state index in [-0.39, 0.29) is 12.2 Å². The van der Waals surface area contributed by atoms with Gasteiger partial charge in [0.15, 0.2) is 0 Å². The SMILES string of the molecule is CC(C)O[Si](C)(CC(C)C1CC1)OC(C)C.